The summed E-state index contributed by atoms with van der Waals surface area (Å²) in [6.45, 7) is 3.48. The fourth-order valence-corrected chi connectivity index (χ4v) is 1.28. The maximum absolute atomic E-state index is 11.0. The summed E-state index contributed by atoms with van der Waals surface area (Å²) in [6, 6.07) is 0. The quantitative estimate of drug-likeness (QED) is 0.569. The van der Waals surface area contributed by atoms with Crippen molar-refractivity contribution in [3.8, 4) is 0 Å². The molecule has 2 atom stereocenters. The Bertz CT molecular complexity index is 199. The summed E-state index contributed by atoms with van der Waals surface area (Å²) in [7, 11) is 0. The molecule has 68 valence electrons. The first-order valence-electron chi connectivity index (χ1n) is 3.95. The van der Waals surface area contributed by atoms with Crippen LogP contribution in [0, 0.1) is 5.92 Å². The summed E-state index contributed by atoms with van der Waals surface area (Å²) in [5.41, 5.74) is 0. The highest BCUT2D eigenvalue weighted by Gasteiger charge is 2.33. The Morgan fingerprint density at radius 2 is 2.42 bits per heavy atom. The third-order valence-corrected chi connectivity index (χ3v) is 1.89. The molecule has 1 aliphatic rings. The average Bonchev–Trinajstić information content (AvgIpc) is 2.33. The van der Waals surface area contributed by atoms with Gasteiger partial charge in [0.05, 0.1) is 12.5 Å². The molecule has 1 fully saturated rings. The summed E-state index contributed by atoms with van der Waals surface area (Å²) >= 11 is 0. The van der Waals surface area contributed by atoms with Gasteiger partial charge in [0.1, 0.15) is 6.10 Å². The van der Waals surface area contributed by atoms with Crippen molar-refractivity contribution < 1.29 is 19.1 Å². The number of carbonyl (C=O) groups is 2. The van der Waals surface area contributed by atoms with Gasteiger partial charge in [-0.05, 0) is 13.3 Å². The van der Waals surface area contributed by atoms with E-state index >= 15 is 0 Å². The van der Waals surface area contributed by atoms with Crippen molar-refractivity contribution in [2.75, 3.05) is 6.61 Å². The van der Waals surface area contributed by atoms with Crippen LogP contribution in [0.4, 0.5) is 0 Å². The van der Waals surface area contributed by atoms with Crippen LogP contribution >= 0.6 is 0 Å². The Balaban J connectivity index is 2.45. The molecule has 0 spiro atoms. The number of hydrogen-bond donors (Lipinski definition) is 0. The molecule has 0 bridgehead atoms. The molecule has 0 amide bonds. The minimum atomic E-state index is -0.363. The van der Waals surface area contributed by atoms with Crippen molar-refractivity contribution in [1.29, 1.82) is 0 Å². The largest absolute Gasteiger partial charge is 0.465 e. The van der Waals surface area contributed by atoms with Crippen LogP contribution in [0.15, 0.2) is 0 Å². The minimum Gasteiger partial charge on any atom is -0.465 e. The predicted molar refractivity (Wildman–Crippen MR) is 40.3 cm³/mol. The summed E-state index contributed by atoms with van der Waals surface area (Å²) in [6.07, 6.45) is 0.283. The lowest BCUT2D eigenvalue weighted by Crippen LogP contribution is -2.26. The van der Waals surface area contributed by atoms with Gasteiger partial charge in [0.15, 0.2) is 0 Å². The lowest BCUT2D eigenvalue weighted by atomic mass is 10.0. The fourth-order valence-electron chi connectivity index (χ4n) is 1.28. The van der Waals surface area contributed by atoms with Crippen LogP contribution in [0.25, 0.3) is 0 Å². The molecule has 0 aliphatic carbocycles. The van der Waals surface area contributed by atoms with Crippen LogP contribution in [0.3, 0.4) is 0 Å². The third-order valence-electron chi connectivity index (χ3n) is 1.89. The summed E-state index contributed by atoms with van der Waals surface area (Å²) in [5, 5.41) is 0. The van der Waals surface area contributed by atoms with E-state index in [0.29, 0.717) is 13.0 Å². The van der Waals surface area contributed by atoms with Crippen LogP contribution in [0.1, 0.15) is 20.3 Å². The standard InChI is InChI=1S/C8H12O4/c1-5(12-6(2)9)7-3-4-11-8(7)10/h5,7H,3-4H2,1-2H3/t5-,7+/m0/s1. The minimum absolute atomic E-state index is 0.260. The number of esters is 2. The maximum Gasteiger partial charge on any atom is 0.312 e. The molecule has 0 aromatic carbocycles. The molecule has 0 saturated carbocycles. The molecule has 4 heteroatoms. The van der Waals surface area contributed by atoms with Gasteiger partial charge in [-0.15, -0.1) is 0 Å². The van der Waals surface area contributed by atoms with Crippen molar-refractivity contribution in [2.24, 2.45) is 5.92 Å². The molecule has 1 rings (SSSR count). The van der Waals surface area contributed by atoms with E-state index in [1.54, 1.807) is 6.92 Å². The van der Waals surface area contributed by atoms with E-state index in [9.17, 15) is 9.59 Å². The van der Waals surface area contributed by atoms with Gasteiger partial charge in [-0.1, -0.05) is 0 Å². The molecule has 0 radical (unpaired) electrons. The zero-order valence-electron chi connectivity index (χ0n) is 7.20. The summed E-state index contributed by atoms with van der Waals surface area (Å²) in [5.74, 6) is -0.889. The summed E-state index contributed by atoms with van der Waals surface area (Å²) < 4.78 is 9.60. The van der Waals surface area contributed by atoms with Crippen LogP contribution in [-0.4, -0.2) is 24.6 Å². The Morgan fingerprint density at radius 3 is 2.83 bits per heavy atom. The molecule has 1 heterocycles. The van der Waals surface area contributed by atoms with Crippen molar-refractivity contribution in [2.45, 2.75) is 26.4 Å². The smallest absolute Gasteiger partial charge is 0.312 e. The lowest BCUT2D eigenvalue weighted by molar-refractivity contribution is -0.153. The molecule has 0 aromatic heterocycles. The maximum atomic E-state index is 11.0. The van der Waals surface area contributed by atoms with Crippen LogP contribution in [-0.2, 0) is 19.1 Å². The van der Waals surface area contributed by atoms with E-state index in [2.05, 4.69) is 0 Å². The Morgan fingerprint density at radius 1 is 1.75 bits per heavy atom. The van der Waals surface area contributed by atoms with Gasteiger partial charge in [-0.3, -0.25) is 9.59 Å². The first-order chi connectivity index (χ1) is 5.61. The van der Waals surface area contributed by atoms with Gasteiger partial charge in [0.25, 0.3) is 0 Å². The third kappa shape index (κ3) is 1.96. The van der Waals surface area contributed by atoms with Gasteiger partial charge in [-0.25, -0.2) is 0 Å². The molecule has 0 unspecified atom stereocenters. The van der Waals surface area contributed by atoms with Gasteiger partial charge < -0.3 is 9.47 Å². The predicted octanol–water partition coefficient (Wildman–Crippen LogP) is 0.501. The van der Waals surface area contributed by atoms with Crippen molar-refractivity contribution >= 4 is 11.9 Å². The van der Waals surface area contributed by atoms with Crippen molar-refractivity contribution in [3.63, 3.8) is 0 Å². The molecule has 0 aromatic rings. The normalized spacial score (nSPS) is 24.8. The number of ether oxygens (including phenoxy) is 2. The van der Waals surface area contributed by atoms with Crippen LogP contribution < -0.4 is 0 Å². The van der Waals surface area contributed by atoms with E-state index in [0.717, 1.165) is 0 Å². The van der Waals surface area contributed by atoms with Crippen molar-refractivity contribution in [1.82, 2.24) is 0 Å². The fraction of sp³-hybridized carbons (Fsp3) is 0.750. The number of hydrogen-bond acceptors (Lipinski definition) is 4. The van der Waals surface area contributed by atoms with E-state index in [1.807, 2.05) is 0 Å². The second-order valence-corrected chi connectivity index (χ2v) is 2.88. The molecule has 0 N–H and O–H groups in total. The van der Waals surface area contributed by atoms with E-state index < -0.39 is 0 Å². The molecule has 4 nitrogen and oxygen atoms in total. The average molecular weight is 172 g/mol. The number of rotatable bonds is 2. The first kappa shape index (κ1) is 9.03. The number of carbonyl (C=O) groups excluding carboxylic acids is 2. The monoisotopic (exact) mass is 172 g/mol. The van der Waals surface area contributed by atoms with Crippen LogP contribution in [0.5, 0.6) is 0 Å². The molecular weight excluding hydrogens is 160 g/mol. The van der Waals surface area contributed by atoms with Gasteiger partial charge >= 0.3 is 11.9 Å². The first-order valence-corrected chi connectivity index (χ1v) is 3.95. The highest BCUT2D eigenvalue weighted by Crippen LogP contribution is 2.20. The lowest BCUT2D eigenvalue weighted by Gasteiger charge is -2.14. The molecule has 1 saturated heterocycles. The molecule has 12 heavy (non-hydrogen) atoms. The number of cyclic esters (lactones) is 1. The SMILES string of the molecule is CC(=O)O[C@@H](C)[C@H]1CCOC1=O. The summed E-state index contributed by atoms with van der Waals surface area (Å²) in [4.78, 5) is 21.5. The van der Waals surface area contributed by atoms with Crippen LogP contribution in [0.2, 0.25) is 0 Å². The highest BCUT2D eigenvalue weighted by atomic mass is 16.6. The van der Waals surface area contributed by atoms with Crippen molar-refractivity contribution in [3.05, 3.63) is 0 Å². The van der Waals surface area contributed by atoms with E-state index in [4.69, 9.17) is 9.47 Å². The van der Waals surface area contributed by atoms with E-state index in [-0.39, 0.29) is 24.0 Å². The van der Waals surface area contributed by atoms with Gasteiger partial charge in [-0.2, -0.15) is 0 Å². The van der Waals surface area contributed by atoms with E-state index in [1.165, 1.54) is 6.92 Å². The molecule has 1 aliphatic heterocycles. The molecular formula is C8H12O4. The zero-order valence-corrected chi connectivity index (χ0v) is 7.20. The van der Waals surface area contributed by atoms with Gasteiger partial charge in [0, 0.05) is 6.92 Å². The van der Waals surface area contributed by atoms with Gasteiger partial charge in [0.2, 0.25) is 0 Å². The Hall–Kier alpha value is -1.06. The second kappa shape index (κ2) is 3.56. The highest BCUT2D eigenvalue weighted by molar-refractivity contribution is 5.75. The Labute approximate surface area is 70.8 Å². The zero-order chi connectivity index (χ0) is 9.14. The Kier molecular flexibility index (Phi) is 2.68. The second-order valence-electron chi connectivity index (χ2n) is 2.88. The topological polar surface area (TPSA) is 52.6 Å².